The van der Waals surface area contributed by atoms with Crippen molar-refractivity contribution in [1.29, 1.82) is 0 Å². The number of aliphatic hydroxyl groups excluding tert-OH is 2. The highest BCUT2D eigenvalue weighted by Crippen LogP contribution is 2.18. The van der Waals surface area contributed by atoms with Gasteiger partial charge in [0.1, 0.15) is 6.10 Å². The molecule has 0 radical (unpaired) electrons. The number of rotatable bonds is 4. The molecular weight excluding hydrogens is 324 g/mol. The second kappa shape index (κ2) is 8.25. The van der Waals surface area contributed by atoms with Crippen molar-refractivity contribution >= 4 is 5.91 Å². The van der Waals surface area contributed by atoms with Gasteiger partial charge in [-0.1, -0.05) is 12.1 Å². The maximum atomic E-state index is 12.6. The van der Waals surface area contributed by atoms with Crippen molar-refractivity contribution in [2.24, 2.45) is 0 Å². The highest BCUT2D eigenvalue weighted by Gasteiger charge is 2.37. The molecule has 0 spiro atoms. The van der Waals surface area contributed by atoms with E-state index in [4.69, 9.17) is 9.47 Å². The Kier molecular flexibility index (Phi) is 6.03. The van der Waals surface area contributed by atoms with E-state index >= 15 is 0 Å². The Hall–Kier alpha value is -1.51. The third-order valence-electron chi connectivity index (χ3n) is 4.95. The van der Waals surface area contributed by atoms with Crippen LogP contribution in [0.15, 0.2) is 24.3 Å². The van der Waals surface area contributed by atoms with Gasteiger partial charge in [0.2, 0.25) is 0 Å². The molecule has 3 rings (SSSR count). The Labute approximate surface area is 147 Å². The zero-order valence-electron chi connectivity index (χ0n) is 14.5. The summed E-state index contributed by atoms with van der Waals surface area (Å²) in [6.45, 7) is 3.62. The molecule has 2 aliphatic heterocycles. The largest absolute Gasteiger partial charge is 0.389 e. The number of amides is 1. The lowest BCUT2D eigenvalue weighted by Crippen LogP contribution is -2.60. The summed E-state index contributed by atoms with van der Waals surface area (Å²) in [5, 5.41) is 19.9. The predicted octanol–water partition coefficient (Wildman–Crippen LogP) is -0.289. The summed E-state index contributed by atoms with van der Waals surface area (Å²) >= 11 is 0. The van der Waals surface area contributed by atoms with Gasteiger partial charge < -0.3 is 24.6 Å². The number of carbonyl (C=O) groups excluding carboxylic acids is 1. The van der Waals surface area contributed by atoms with E-state index in [1.807, 2.05) is 29.2 Å². The summed E-state index contributed by atoms with van der Waals surface area (Å²) in [6.07, 6.45) is -1.65. The van der Waals surface area contributed by atoms with Crippen LogP contribution < -0.4 is 0 Å². The van der Waals surface area contributed by atoms with E-state index < -0.39 is 12.2 Å². The molecule has 0 aromatic heterocycles. The molecule has 138 valence electrons. The van der Waals surface area contributed by atoms with Gasteiger partial charge in [-0.25, -0.2) is 0 Å². The number of hydrogen-bond donors (Lipinski definition) is 2. The number of piperazine rings is 1. The third-order valence-corrected chi connectivity index (χ3v) is 4.95. The maximum absolute atomic E-state index is 12.6. The van der Waals surface area contributed by atoms with Crippen LogP contribution in [0.3, 0.4) is 0 Å². The van der Waals surface area contributed by atoms with E-state index in [0.717, 1.165) is 5.56 Å². The quantitative estimate of drug-likeness (QED) is 0.777. The van der Waals surface area contributed by atoms with Crippen molar-refractivity contribution in [3.05, 3.63) is 35.4 Å². The van der Waals surface area contributed by atoms with E-state index in [1.54, 1.807) is 7.11 Å². The number of benzene rings is 1. The van der Waals surface area contributed by atoms with Gasteiger partial charge >= 0.3 is 0 Å². The molecule has 0 bridgehead atoms. The molecular formula is C18H26N2O5. The zero-order valence-corrected chi connectivity index (χ0v) is 14.5. The van der Waals surface area contributed by atoms with Crippen molar-refractivity contribution in [3.8, 4) is 0 Å². The lowest BCUT2D eigenvalue weighted by atomic mass is 10.0. The van der Waals surface area contributed by atoms with Gasteiger partial charge in [0, 0.05) is 38.9 Å². The first kappa shape index (κ1) is 18.3. The first-order chi connectivity index (χ1) is 12.1. The molecule has 0 saturated carbocycles. The Morgan fingerprint density at radius 3 is 2.48 bits per heavy atom. The van der Waals surface area contributed by atoms with Crippen LogP contribution in [0, 0.1) is 0 Å². The summed E-state index contributed by atoms with van der Waals surface area (Å²) in [7, 11) is 1.64. The van der Waals surface area contributed by atoms with Gasteiger partial charge in [-0.2, -0.15) is 0 Å². The van der Waals surface area contributed by atoms with Crippen LogP contribution in [0.25, 0.3) is 0 Å². The van der Waals surface area contributed by atoms with Gasteiger partial charge in [0.05, 0.1) is 32.0 Å². The molecule has 0 unspecified atom stereocenters. The number of ether oxygens (including phenoxy) is 2. The van der Waals surface area contributed by atoms with E-state index in [9.17, 15) is 15.0 Å². The Morgan fingerprint density at radius 1 is 1.16 bits per heavy atom. The summed E-state index contributed by atoms with van der Waals surface area (Å²) in [4.78, 5) is 16.6. The monoisotopic (exact) mass is 350 g/mol. The first-order valence-electron chi connectivity index (χ1n) is 8.65. The smallest absolute Gasteiger partial charge is 0.253 e. The molecule has 2 aliphatic rings. The van der Waals surface area contributed by atoms with Gasteiger partial charge in [0.25, 0.3) is 5.91 Å². The minimum absolute atomic E-state index is 0.0177. The van der Waals surface area contributed by atoms with Crippen LogP contribution in [0.2, 0.25) is 0 Å². The van der Waals surface area contributed by atoms with Crippen molar-refractivity contribution in [3.63, 3.8) is 0 Å². The summed E-state index contributed by atoms with van der Waals surface area (Å²) in [5.74, 6) is 0.0177. The SMILES string of the molecule is COCc1ccc(C(=O)N2CCN([C@@H]3COC[C@@H](O)[C@H]3O)CC2)cc1. The fourth-order valence-corrected chi connectivity index (χ4v) is 3.43. The minimum atomic E-state index is -0.843. The summed E-state index contributed by atoms with van der Waals surface area (Å²) in [5.41, 5.74) is 1.71. The molecule has 25 heavy (non-hydrogen) atoms. The molecule has 2 heterocycles. The highest BCUT2D eigenvalue weighted by atomic mass is 16.5. The van der Waals surface area contributed by atoms with E-state index in [-0.39, 0.29) is 18.6 Å². The second-order valence-corrected chi connectivity index (χ2v) is 6.62. The van der Waals surface area contributed by atoms with Crippen LogP contribution in [0.4, 0.5) is 0 Å². The molecule has 0 aliphatic carbocycles. The average molecular weight is 350 g/mol. The van der Waals surface area contributed by atoms with E-state index in [1.165, 1.54) is 0 Å². The molecule has 1 amide bonds. The fourth-order valence-electron chi connectivity index (χ4n) is 3.43. The Balaban J connectivity index is 1.55. The van der Waals surface area contributed by atoms with Crippen LogP contribution >= 0.6 is 0 Å². The molecule has 2 saturated heterocycles. The van der Waals surface area contributed by atoms with Crippen molar-refractivity contribution in [2.45, 2.75) is 24.9 Å². The standard InChI is InChI=1S/C18H26N2O5/c1-24-10-13-2-4-14(5-3-13)18(23)20-8-6-19(7-9-20)15-11-25-12-16(21)17(15)22/h2-5,15-17,21-22H,6-12H2,1H3/t15-,16-,17+/m1/s1. The van der Waals surface area contributed by atoms with Gasteiger partial charge in [-0.3, -0.25) is 9.69 Å². The van der Waals surface area contributed by atoms with Crippen LogP contribution in [0.1, 0.15) is 15.9 Å². The molecule has 1 aromatic rings. The van der Waals surface area contributed by atoms with Gasteiger partial charge in [-0.05, 0) is 17.7 Å². The summed E-state index contributed by atoms with van der Waals surface area (Å²) in [6, 6.07) is 7.26. The minimum Gasteiger partial charge on any atom is -0.389 e. The topological polar surface area (TPSA) is 82.5 Å². The lowest BCUT2D eigenvalue weighted by molar-refractivity contribution is -0.136. The summed E-state index contributed by atoms with van der Waals surface area (Å²) < 4.78 is 10.4. The lowest BCUT2D eigenvalue weighted by Gasteiger charge is -2.43. The second-order valence-electron chi connectivity index (χ2n) is 6.62. The van der Waals surface area contributed by atoms with E-state index in [2.05, 4.69) is 4.90 Å². The van der Waals surface area contributed by atoms with Crippen molar-refractivity contribution in [2.75, 3.05) is 46.5 Å². The normalized spacial score (nSPS) is 28.1. The third kappa shape index (κ3) is 4.19. The van der Waals surface area contributed by atoms with E-state index in [0.29, 0.717) is 45.0 Å². The average Bonchev–Trinajstić information content (AvgIpc) is 2.64. The number of aliphatic hydroxyl groups is 2. The molecule has 2 N–H and O–H groups in total. The van der Waals surface area contributed by atoms with Crippen molar-refractivity contribution < 1.29 is 24.5 Å². The molecule has 2 fully saturated rings. The van der Waals surface area contributed by atoms with Gasteiger partial charge in [0.15, 0.2) is 0 Å². The Bertz CT molecular complexity index is 571. The molecule has 7 heteroatoms. The number of nitrogens with zero attached hydrogens (tertiary/aromatic N) is 2. The zero-order chi connectivity index (χ0) is 17.8. The van der Waals surface area contributed by atoms with Crippen molar-refractivity contribution in [1.82, 2.24) is 9.80 Å². The number of hydrogen-bond acceptors (Lipinski definition) is 6. The molecule has 1 aromatic carbocycles. The van der Waals surface area contributed by atoms with Gasteiger partial charge in [-0.15, -0.1) is 0 Å². The number of methoxy groups -OCH3 is 1. The molecule has 7 nitrogen and oxygen atoms in total. The Morgan fingerprint density at radius 2 is 1.84 bits per heavy atom. The predicted molar refractivity (Wildman–Crippen MR) is 91.3 cm³/mol. The maximum Gasteiger partial charge on any atom is 0.253 e. The number of carbonyl (C=O) groups is 1. The molecule has 3 atom stereocenters. The van der Waals surface area contributed by atoms with Crippen LogP contribution in [0.5, 0.6) is 0 Å². The van der Waals surface area contributed by atoms with Crippen LogP contribution in [-0.4, -0.2) is 90.7 Å². The first-order valence-corrected chi connectivity index (χ1v) is 8.65. The highest BCUT2D eigenvalue weighted by molar-refractivity contribution is 5.94. The van der Waals surface area contributed by atoms with Crippen LogP contribution in [-0.2, 0) is 16.1 Å². The fraction of sp³-hybridized carbons (Fsp3) is 0.611.